The number of H-pyrrole nitrogens is 1. The van der Waals surface area contributed by atoms with Crippen molar-refractivity contribution in [3.05, 3.63) is 38.8 Å². The number of aryl methyl sites for hydroxylation is 1. The van der Waals surface area contributed by atoms with Crippen LogP contribution >= 0.6 is 28.1 Å². The van der Waals surface area contributed by atoms with Crippen LogP contribution in [0.5, 0.6) is 5.75 Å². The molecule has 0 bridgehead atoms. The normalized spacial score (nSPS) is 10.6. The van der Waals surface area contributed by atoms with Gasteiger partial charge in [0.2, 0.25) is 4.77 Å². The molecular formula is C14H19BrN4OS. The highest BCUT2D eigenvalue weighted by atomic mass is 79.9. The average molecular weight is 371 g/mol. The first kappa shape index (κ1) is 16.0. The Kier molecular flexibility index (Phi) is 5.81. The van der Waals surface area contributed by atoms with Gasteiger partial charge in [-0.25, -0.2) is 4.68 Å². The van der Waals surface area contributed by atoms with E-state index in [1.54, 1.807) is 0 Å². The molecule has 0 fully saturated rings. The van der Waals surface area contributed by atoms with E-state index in [4.69, 9.17) is 17.0 Å². The van der Waals surface area contributed by atoms with E-state index in [9.17, 15) is 0 Å². The molecule has 5 nitrogen and oxygen atoms in total. The third-order valence-corrected chi connectivity index (χ3v) is 3.85. The molecule has 114 valence electrons. The fourth-order valence-corrected chi connectivity index (χ4v) is 2.74. The molecule has 1 aromatic carbocycles. The van der Waals surface area contributed by atoms with Gasteiger partial charge in [-0.15, -0.1) is 0 Å². The minimum atomic E-state index is 0.587. The van der Waals surface area contributed by atoms with E-state index in [1.807, 2.05) is 29.8 Å². The van der Waals surface area contributed by atoms with Gasteiger partial charge >= 0.3 is 0 Å². The first-order chi connectivity index (χ1) is 10.2. The van der Waals surface area contributed by atoms with Crippen LogP contribution in [0.1, 0.15) is 31.7 Å². The summed E-state index contributed by atoms with van der Waals surface area (Å²) in [6.07, 6.45) is 1.91. The van der Waals surface area contributed by atoms with E-state index in [0.29, 0.717) is 17.9 Å². The first-order valence-corrected chi connectivity index (χ1v) is 8.17. The number of halogens is 1. The predicted octanol–water partition coefficient (Wildman–Crippen LogP) is 3.80. The molecule has 0 spiro atoms. The zero-order valence-electron chi connectivity index (χ0n) is 12.1. The van der Waals surface area contributed by atoms with Crippen molar-refractivity contribution >= 4 is 28.1 Å². The van der Waals surface area contributed by atoms with Crippen molar-refractivity contribution < 1.29 is 4.74 Å². The van der Waals surface area contributed by atoms with Gasteiger partial charge in [0.1, 0.15) is 5.75 Å². The topological polar surface area (TPSA) is 54.9 Å². The summed E-state index contributed by atoms with van der Waals surface area (Å²) < 4.78 is 8.88. The van der Waals surface area contributed by atoms with Gasteiger partial charge in [0.15, 0.2) is 5.82 Å². The number of hydrogen-bond acceptors (Lipinski definition) is 4. The Hall–Kier alpha value is -1.34. The van der Waals surface area contributed by atoms with Crippen LogP contribution in [0.2, 0.25) is 0 Å². The number of aromatic amines is 1. The molecule has 0 aliphatic heterocycles. The lowest BCUT2D eigenvalue weighted by atomic mass is 10.2. The molecule has 0 atom stereocenters. The highest BCUT2D eigenvalue weighted by Gasteiger charge is 2.06. The van der Waals surface area contributed by atoms with E-state index >= 15 is 0 Å². The number of benzene rings is 1. The molecule has 1 aromatic heterocycles. The summed E-state index contributed by atoms with van der Waals surface area (Å²) in [5, 5.41) is 7.05. The van der Waals surface area contributed by atoms with Gasteiger partial charge in [-0.1, -0.05) is 13.0 Å². The molecule has 21 heavy (non-hydrogen) atoms. The number of ether oxygens (including phenoxy) is 1. The third-order valence-electron chi connectivity index (χ3n) is 2.95. The second kappa shape index (κ2) is 7.61. The minimum Gasteiger partial charge on any atom is -0.493 e. The fourth-order valence-electron chi connectivity index (χ4n) is 1.98. The molecule has 0 aliphatic rings. The molecule has 0 amide bonds. The molecule has 2 N–H and O–H groups in total. The summed E-state index contributed by atoms with van der Waals surface area (Å²) in [6.45, 7) is 5.40. The Morgan fingerprint density at radius 3 is 2.90 bits per heavy atom. The highest BCUT2D eigenvalue weighted by Crippen LogP contribution is 2.26. The Bertz CT molecular complexity index is 653. The maximum atomic E-state index is 5.51. The van der Waals surface area contributed by atoms with Crippen LogP contribution in [0.3, 0.4) is 0 Å². The summed E-state index contributed by atoms with van der Waals surface area (Å²) in [6, 6.07) is 6.04. The van der Waals surface area contributed by atoms with Gasteiger partial charge in [-0.2, -0.15) is 5.10 Å². The molecular weight excluding hydrogens is 352 g/mol. The van der Waals surface area contributed by atoms with Crippen LogP contribution in [-0.2, 0) is 13.0 Å². The van der Waals surface area contributed by atoms with Crippen LogP contribution < -0.4 is 10.2 Å². The van der Waals surface area contributed by atoms with Crippen molar-refractivity contribution in [1.82, 2.24) is 14.9 Å². The van der Waals surface area contributed by atoms with Gasteiger partial charge in [-0.3, -0.25) is 5.10 Å². The molecule has 2 rings (SSSR count). The smallest absolute Gasteiger partial charge is 0.214 e. The van der Waals surface area contributed by atoms with E-state index < -0.39 is 0 Å². The molecule has 0 saturated carbocycles. The van der Waals surface area contributed by atoms with Crippen LogP contribution in [-0.4, -0.2) is 21.5 Å². The molecule has 0 radical (unpaired) electrons. The van der Waals surface area contributed by atoms with Crippen LogP contribution in [0.15, 0.2) is 22.7 Å². The number of aromatic nitrogens is 3. The monoisotopic (exact) mass is 370 g/mol. The molecule has 1 heterocycles. The summed E-state index contributed by atoms with van der Waals surface area (Å²) in [5.41, 5.74) is 4.43. The zero-order chi connectivity index (χ0) is 15.2. The van der Waals surface area contributed by atoms with Crippen molar-refractivity contribution in [1.29, 1.82) is 0 Å². The van der Waals surface area contributed by atoms with Crippen molar-refractivity contribution in [2.75, 3.05) is 12.0 Å². The van der Waals surface area contributed by atoms with Crippen molar-refractivity contribution in [3.8, 4) is 5.75 Å². The lowest BCUT2D eigenvalue weighted by Gasteiger charge is -2.11. The fraction of sp³-hybridized carbons (Fsp3) is 0.429. The van der Waals surface area contributed by atoms with Gasteiger partial charge in [0.05, 0.1) is 17.6 Å². The molecule has 0 unspecified atom stereocenters. The SMILES string of the molecule is CCCc1n[nH]c(=S)n1NCc1ccc(OCC)c(Br)c1. The van der Waals surface area contributed by atoms with E-state index in [0.717, 1.165) is 34.5 Å². The summed E-state index contributed by atoms with van der Waals surface area (Å²) in [7, 11) is 0. The van der Waals surface area contributed by atoms with Crippen molar-refractivity contribution in [3.63, 3.8) is 0 Å². The lowest BCUT2D eigenvalue weighted by molar-refractivity contribution is 0.338. The first-order valence-electron chi connectivity index (χ1n) is 6.97. The van der Waals surface area contributed by atoms with Gasteiger partial charge in [0, 0.05) is 6.42 Å². The van der Waals surface area contributed by atoms with Gasteiger partial charge in [0.25, 0.3) is 0 Å². The van der Waals surface area contributed by atoms with E-state index in [2.05, 4.69) is 38.5 Å². The minimum absolute atomic E-state index is 0.587. The Morgan fingerprint density at radius 2 is 2.24 bits per heavy atom. The summed E-state index contributed by atoms with van der Waals surface area (Å²) >= 11 is 8.76. The molecule has 0 saturated heterocycles. The van der Waals surface area contributed by atoms with Crippen LogP contribution in [0.4, 0.5) is 0 Å². The predicted molar refractivity (Wildman–Crippen MR) is 89.8 cm³/mol. The quantitative estimate of drug-likeness (QED) is 0.727. The summed E-state index contributed by atoms with van der Waals surface area (Å²) in [5.74, 6) is 1.78. The molecule has 7 heteroatoms. The number of rotatable bonds is 7. The number of hydrogen-bond donors (Lipinski definition) is 2. The third kappa shape index (κ3) is 4.07. The second-order valence-electron chi connectivity index (χ2n) is 4.56. The summed E-state index contributed by atoms with van der Waals surface area (Å²) in [4.78, 5) is 0. The Morgan fingerprint density at radius 1 is 1.43 bits per heavy atom. The zero-order valence-corrected chi connectivity index (χ0v) is 14.6. The van der Waals surface area contributed by atoms with E-state index in [1.165, 1.54) is 0 Å². The van der Waals surface area contributed by atoms with Crippen molar-refractivity contribution in [2.45, 2.75) is 33.2 Å². The largest absolute Gasteiger partial charge is 0.493 e. The van der Waals surface area contributed by atoms with Gasteiger partial charge in [-0.05, 0) is 59.2 Å². The number of nitrogens with zero attached hydrogens (tertiary/aromatic N) is 2. The maximum absolute atomic E-state index is 5.51. The number of nitrogens with one attached hydrogen (secondary N) is 2. The Labute approximate surface area is 137 Å². The molecule has 0 aliphatic carbocycles. The Balaban J connectivity index is 2.08. The maximum Gasteiger partial charge on any atom is 0.214 e. The van der Waals surface area contributed by atoms with Crippen LogP contribution in [0.25, 0.3) is 0 Å². The lowest BCUT2D eigenvalue weighted by Crippen LogP contribution is -2.17. The van der Waals surface area contributed by atoms with Gasteiger partial charge < -0.3 is 10.2 Å². The highest BCUT2D eigenvalue weighted by molar-refractivity contribution is 9.10. The standard InChI is InChI=1S/C14H19BrN4OS/c1-3-5-13-17-18-14(21)19(13)16-9-10-6-7-12(20-4-2)11(15)8-10/h6-8,16H,3-5,9H2,1-2H3,(H,18,21). The van der Waals surface area contributed by atoms with Crippen LogP contribution in [0, 0.1) is 4.77 Å². The molecule has 2 aromatic rings. The van der Waals surface area contributed by atoms with Crippen molar-refractivity contribution in [2.24, 2.45) is 0 Å². The van der Waals surface area contributed by atoms with E-state index in [-0.39, 0.29) is 0 Å². The second-order valence-corrected chi connectivity index (χ2v) is 5.80. The average Bonchev–Trinajstić information content (AvgIpc) is 2.81.